The van der Waals surface area contributed by atoms with E-state index in [1.54, 1.807) is 12.4 Å². The summed E-state index contributed by atoms with van der Waals surface area (Å²) < 4.78 is 1.85. The Morgan fingerprint density at radius 3 is 3.00 bits per heavy atom. The van der Waals surface area contributed by atoms with Crippen LogP contribution in [0.5, 0.6) is 0 Å². The van der Waals surface area contributed by atoms with Gasteiger partial charge in [0.2, 0.25) is 0 Å². The summed E-state index contributed by atoms with van der Waals surface area (Å²) in [5, 5.41) is 14.0. The predicted molar refractivity (Wildman–Crippen MR) is 62.1 cm³/mol. The Bertz CT molecular complexity index is 504. The number of aryl methyl sites for hydroxylation is 1. The molecule has 0 radical (unpaired) electrons. The van der Waals surface area contributed by atoms with Crippen LogP contribution in [0.15, 0.2) is 31.0 Å². The fourth-order valence-corrected chi connectivity index (χ4v) is 1.80. The van der Waals surface area contributed by atoms with Crippen molar-refractivity contribution in [3.8, 4) is 11.3 Å². The van der Waals surface area contributed by atoms with Gasteiger partial charge in [-0.2, -0.15) is 5.10 Å². The van der Waals surface area contributed by atoms with Gasteiger partial charge in [-0.05, 0) is 25.3 Å². The molecule has 17 heavy (non-hydrogen) atoms. The molecule has 1 saturated carbocycles. The molecular formula is C12H14N4O. The standard InChI is InChI=1S/C12H14N4O/c17-12(2-3-12)4-6-16-8-10(7-15-16)11-1-5-13-9-14-11/h1,5,7-9,17H,2-4,6H2. The van der Waals surface area contributed by atoms with E-state index in [4.69, 9.17) is 0 Å². The number of rotatable bonds is 4. The normalized spacial score (nSPS) is 17.0. The van der Waals surface area contributed by atoms with Crippen molar-refractivity contribution >= 4 is 0 Å². The van der Waals surface area contributed by atoms with Gasteiger partial charge in [0, 0.05) is 24.5 Å². The van der Waals surface area contributed by atoms with E-state index in [1.807, 2.05) is 16.9 Å². The van der Waals surface area contributed by atoms with Crippen LogP contribution in [-0.4, -0.2) is 30.5 Å². The van der Waals surface area contributed by atoms with Crippen LogP contribution in [0, 0.1) is 0 Å². The van der Waals surface area contributed by atoms with Gasteiger partial charge in [-0.15, -0.1) is 0 Å². The van der Waals surface area contributed by atoms with E-state index >= 15 is 0 Å². The first-order valence-electron chi connectivity index (χ1n) is 5.76. The van der Waals surface area contributed by atoms with Crippen LogP contribution in [0.2, 0.25) is 0 Å². The average molecular weight is 230 g/mol. The molecule has 3 rings (SSSR count). The number of hydrogen-bond donors (Lipinski definition) is 1. The highest BCUT2D eigenvalue weighted by Crippen LogP contribution is 2.38. The van der Waals surface area contributed by atoms with E-state index in [1.165, 1.54) is 6.33 Å². The Morgan fingerprint density at radius 2 is 2.29 bits per heavy atom. The predicted octanol–water partition coefficient (Wildman–Crippen LogP) is 1.26. The quantitative estimate of drug-likeness (QED) is 0.858. The second-order valence-electron chi connectivity index (χ2n) is 4.56. The van der Waals surface area contributed by atoms with Gasteiger partial charge in [0.05, 0.1) is 17.5 Å². The molecule has 1 aliphatic carbocycles. The van der Waals surface area contributed by atoms with Crippen molar-refractivity contribution in [2.75, 3.05) is 0 Å². The highest BCUT2D eigenvalue weighted by Gasteiger charge is 2.39. The monoisotopic (exact) mass is 230 g/mol. The SMILES string of the molecule is OC1(CCn2cc(-c3ccncn3)cn2)CC1. The molecule has 1 N–H and O–H groups in total. The zero-order chi connectivity index (χ0) is 11.7. The molecule has 2 aromatic heterocycles. The van der Waals surface area contributed by atoms with Crippen LogP contribution in [0.25, 0.3) is 11.3 Å². The summed E-state index contributed by atoms with van der Waals surface area (Å²) in [4.78, 5) is 8.05. The lowest BCUT2D eigenvalue weighted by molar-refractivity contribution is 0.132. The van der Waals surface area contributed by atoms with Gasteiger partial charge >= 0.3 is 0 Å². The zero-order valence-corrected chi connectivity index (χ0v) is 9.45. The summed E-state index contributed by atoms with van der Waals surface area (Å²) in [6.45, 7) is 0.752. The van der Waals surface area contributed by atoms with Crippen LogP contribution in [-0.2, 0) is 6.54 Å². The molecule has 2 aromatic rings. The maximum absolute atomic E-state index is 9.75. The van der Waals surface area contributed by atoms with E-state index in [2.05, 4.69) is 15.1 Å². The second kappa shape index (κ2) is 3.92. The van der Waals surface area contributed by atoms with E-state index in [9.17, 15) is 5.11 Å². The van der Waals surface area contributed by atoms with Gasteiger partial charge < -0.3 is 5.11 Å². The van der Waals surface area contributed by atoms with Crippen LogP contribution < -0.4 is 0 Å². The minimum absolute atomic E-state index is 0.416. The average Bonchev–Trinajstić information content (AvgIpc) is 2.93. The Labute approximate surface area is 99.1 Å². The second-order valence-corrected chi connectivity index (χ2v) is 4.56. The van der Waals surface area contributed by atoms with Crippen LogP contribution >= 0.6 is 0 Å². The maximum atomic E-state index is 9.75. The van der Waals surface area contributed by atoms with E-state index < -0.39 is 5.60 Å². The lowest BCUT2D eigenvalue weighted by Gasteiger charge is -2.06. The summed E-state index contributed by atoms with van der Waals surface area (Å²) in [7, 11) is 0. The summed E-state index contributed by atoms with van der Waals surface area (Å²) in [6.07, 6.45) is 9.61. The number of aliphatic hydroxyl groups is 1. The first kappa shape index (κ1) is 10.4. The largest absolute Gasteiger partial charge is 0.390 e. The highest BCUT2D eigenvalue weighted by molar-refractivity contribution is 5.55. The van der Waals surface area contributed by atoms with Gasteiger partial charge in [0.15, 0.2) is 0 Å². The summed E-state index contributed by atoms with van der Waals surface area (Å²) in [5.41, 5.74) is 1.44. The van der Waals surface area contributed by atoms with E-state index in [0.717, 1.165) is 37.1 Å². The topological polar surface area (TPSA) is 63.8 Å². The van der Waals surface area contributed by atoms with E-state index in [-0.39, 0.29) is 0 Å². The first-order chi connectivity index (χ1) is 8.25. The third-order valence-corrected chi connectivity index (χ3v) is 3.14. The molecule has 0 bridgehead atoms. The van der Waals surface area contributed by atoms with Gasteiger partial charge in [0.1, 0.15) is 6.33 Å². The molecule has 0 spiro atoms. The van der Waals surface area contributed by atoms with Gasteiger partial charge in [-0.1, -0.05) is 0 Å². The van der Waals surface area contributed by atoms with E-state index in [0.29, 0.717) is 0 Å². The minimum Gasteiger partial charge on any atom is -0.390 e. The fraction of sp³-hybridized carbons (Fsp3) is 0.417. The van der Waals surface area contributed by atoms with Crippen molar-refractivity contribution in [3.05, 3.63) is 31.0 Å². The molecule has 1 aliphatic rings. The molecule has 0 aliphatic heterocycles. The number of nitrogens with zero attached hydrogens (tertiary/aromatic N) is 4. The summed E-state index contributed by atoms with van der Waals surface area (Å²) >= 11 is 0. The van der Waals surface area contributed by atoms with Crippen molar-refractivity contribution in [1.82, 2.24) is 19.7 Å². The molecule has 88 valence electrons. The zero-order valence-electron chi connectivity index (χ0n) is 9.45. The smallest absolute Gasteiger partial charge is 0.116 e. The fourth-order valence-electron chi connectivity index (χ4n) is 1.80. The van der Waals surface area contributed by atoms with Crippen molar-refractivity contribution < 1.29 is 5.11 Å². The minimum atomic E-state index is -0.416. The van der Waals surface area contributed by atoms with Crippen molar-refractivity contribution in [3.63, 3.8) is 0 Å². The molecule has 0 unspecified atom stereocenters. The highest BCUT2D eigenvalue weighted by atomic mass is 16.3. The molecule has 0 atom stereocenters. The molecule has 2 heterocycles. The number of hydrogen-bond acceptors (Lipinski definition) is 4. The van der Waals surface area contributed by atoms with Crippen molar-refractivity contribution in [2.45, 2.75) is 31.4 Å². The molecular weight excluding hydrogens is 216 g/mol. The molecule has 0 aromatic carbocycles. The Hall–Kier alpha value is -1.75. The van der Waals surface area contributed by atoms with Gasteiger partial charge in [-0.3, -0.25) is 4.68 Å². The Morgan fingerprint density at radius 1 is 1.41 bits per heavy atom. The number of aromatic nitrogens is 4. The molecule has 5 nitrogen and oxygen atoms in total. The maximum Gasteiger partial charge on any atom is 0.116 e. The lowest BCUT2D eigenvalue weighted by atomic mass is 10.2. The third-order valence-electron chi connectivity index (χ3n) is 3.14. The lowest BCUT2D eigenvalue weighted by Crippen LogP contribution is -2.11. The molecule has 0 amide bonds. The first-order valence-corrected chi connectivity index (χ1v) is 5.76. The molecule has 0 saturated heterocycles. The van der Waals surface area contributed by atoms with Crippen LogP contribution in [0.1, 0.15) is 19.3 Å². The summed E-state index contributed by atoms with van der Waals surface area (Å²) in [6, 6.07) is 1.86. The molecule has 1 fully saturated rings. The van der Waals surface area contributed by atoms with Gasteiger partial charge in [0.25, 0.3) is 0 Å². The van der Waals surface area contributed by atoms with Crippen molar-refractivity contribution in [1.29, 1.82) is 0 Å². The van der Waals surface area contributed by atoms with Crippen LogP contribution in [0.4, 0.5) is 0 Å². The Kier molecular flexibility index (Phi) is 2.40. The van der Waals surface area contributed by atoms with Gasteiger partial charge in [-0.25, -0.2) is 9.97 Å². The third kappa shape index (κ3) is 2.34. The van der Waals surface area contributed by atoms with Crippen LogP contribution in [0.3, 0.4) is 0 Å². The summed E-state index contributed by atoms with van der Waals surface area (Å²) in [5.74, 6) is 0. The Balaban J connectivity index is 1.70. The van der Waals surface area contributed by atoms with Crippen molar-refractivity contribution in [2.24, 2.45) is 0 Å². The molecule has 5 heteroatoms.